The molecule has 0 unspecified atom stereocenters. The van der Waals surface area contributed by atoms with Gasteiger partial charge in [0.2, 0.25) is 11.8 Å². The average Bonchev–Trinajstić information content (AvgIpc) is 2.49. The third-order valence-corrected chi connectivity index (χ3v) is 4.46. The Kier molecular flexibility index (Phi) is 8.46. The summed E-state index contributed by atoms with van der Waals surface area (Å²) in [5.41, 5.74) is 0. The monoisotopic (exact) mass is 312 g/mol. The van der Waals surface area contributed by atoms with E-state index in [0.29, 0.717) is 19.1 Å². The maximum absolute atomic E-state index is 12.4. The minimum Gasteiger partial charge on any atom is -0.385 e. The van der Waals surface area contributed by atoms with Crippen LogP contribution in [0.25, 0.3) is 0 Å². The van der Waals surface area contributed by atoms with Crippen LogP contribution >= 0.6 is 0 Å². The van der Waals surface area contributed by atoms with Crippen LogP contribution in [-0.2, 0) is 14.3 Å². The summed E-state index contributed by atoms with van der Waals surface area (Å²) in [5, 5.41) is 5.84. The number of amides is 2. The Balaban J connectivity index is 2.45. The highest BCUT2D eigenvalue weighted by molar-refractivity contribution is 5.88. The van der Waals surface area contributed by atoms with Crippen molar-refractivity contribution in [3.05, 3.63) is 0 Å². The number of ether oxygens (including phenoxy) is 1. The Hall–Kier alpha value is -1.10. The Morgan fingerprint density at radius 3 is 2.36 bits per heavy atom. The highest BCUT2D eigenvalue weighted by atomic mass is 16.5. The normalized spacial score (nSPS) is 23.1. The molecular weight excluding hydrogens is 280 g/mol. The summed E-state index contributed by atoms with van der Waals surface area (Å²) in [4.78, 5) is 24.6. The maximum atomic E-state index is 12.4. The molecule has 1 aliphatic carbocycles. The van der Waals surface area contributed by atoms with Crippen LogP contribution in [0.5, 0.6) is 0 Å². The van der Waals surface area contributed by atoms with E-state index in [1.807, 2.05) is 13.8 Å². The summed E-state index contributed by atoms with van der Waals surface area (Å²) in [7, 11) is 1.64. The zero-order valence-electron chi connectivity index (χ0n) is 14.5. The van der Waals surface area contributed by atoms with Crippen molar-refractivity contribution in [3.63, 3.8) is 0 Å². The fraction of sp³-hybridized carbons (Fsp3) is 0.882. The molecule has 0 saturated heterocycles. The largest absolute Gasteiger partial charge is 0.385 e. The molecule has 0 spiro atoms. The fourth-order valence-electron chi connectivity index (χ4n) is 2.87. The first-order valence-electron chi connectivity index (χ1n) is 8.52. The van der Waals surface area contributed by atoms with Crippen LogP contribution in [-0.4, -0.2) is 38.1 Å². The van der Waals surface area contributed by atoms with Crippen LogP contribution in [0.4, 0.5) is 0 Å². The Morgan fingerprint density at radius 2 is 1.82 bits per heavy atom. The van der Waals surface area contributed by atoms with Gasteiger partial charge in [0.25, 0.3) is 0 Å². The molecule has 22 heavy (non-hydrogen) atoms. The number of nitrogens with one attached hydrogen (secondary N) is 2. The smallest absolute Gasteiger partial charge is 0.242 e. The predicted octanol–water partition coefficient (Wildman–Crippen LogP) is 2.11. The van der Waals surface area contributed by atoms with Gasteiger partial charge >= 0.3 is 0 Å². The first-order valence-corrected chi connectivity index (χ1v) is 8.52. The lowest BCUT2D eigenvalue weighted by Gasteiger charge is -2.28. The van der Waals surface area contributed by atoms with Crippen molar-refractivity contribution in [2.75, 3.05) is 20.3 Å². The summed E-state index contributed by atoms with van der Waals surface area (Å²) >= 11 is 0. The van der Waals surface area contributed by atoms with Gasteiger partial charge in [-0.3, -0.25) is 9.59 Å². The average molecular weight is 312 g/mol. The molecule has 0 aromatic carbocycles. The molecule has 1 aliphatic rings. The van der Waals surface area contributed by atoms with Gasteiger partial charge in [-0.2, -0.15) is 0 Å². The zero-order valence-corrected chi connectivity index (χ0v) is 14.5. The Bertz CT molecular complexity index is 350. The molecule has 1 saturated carbocycles. The minimum atomic E-state index is -0.450. The third-order valence-electron chi connectivity index (χ3n) is 4.46. The summed E-state index contributed by atoms with van der Waals surface area (Å²) in [6.07, 6.45) is 4.86. The lowest BCUT2D eigenvalue weighted by molar-refractivity contribution is -0.132. The fourth-order valence-corrected chi connectivity index (χ4v) is 2.87. The summed E-state index contributed by atoms with van der Waals surface area (Å²) < 4.78 is 4.96. The number of carbonyl (C=O) groups is 2. The Labute approximate surface area is 134 Å². The molecular formula is C17H32N2O3. The van der Waals surface area contributed by atoms with Crippen molar-refractivity contribution in [3.8, 4) is 0 Å². The molecule has 2 N–H and O–H groups in total. The SMILES string of the molecule is COCCCNC(=O)[C@H](NC(=O)C1CCC(C)CC1)C(C)C. The van der Waals surface area contributed by atoms with Gasteiger partial charge in [0.1, 0.15) is 6.04 Å². The molecule has 0 heterocycles. The molecule has 2 amide bonds. The molecule has 1 fully saturated rings. The van der Waals surface area contributed by atoms with E-state index >= 15 is 0 Å². The molecule has 0 aliphatic heterocycles. The molecule has 128 valence electrons. The minimum absolute atomic E-state index is 0.0395. The van der Waals surface area contributed by atoms with Crippen LogP contribution in [0, 0.1) is 17.8 Å². The molecule has 0 radical (unpaired) electrons. The number of hydrogen-bond acceptors (Lipinski definition) is 3. The lowest BCUT2D eigenvalue weighted by atomic mass is 9.82. The highest BCUT2D eigenvalue weighted by Gasteiger charge is 2.29. The second-order valence-corrected chi connectivity index (χ2v) is 6.82. The van der Waals surface area contributed by atoms with E-state index in [9.17, 15) is 9.59 Å². The van der Waals surface area contributed by atoms with E-state index in [1.165, 1.54) is 0 Å². The topological polar surface area (TPSA) is 67.4 Å². The number of hydrogen-bond donors (Lipinski definition) is 2. The first-order chi connectivity index (χ1) is 10.5. The van der Waals surface area contributed by atoms with E-state index in [2.05, 4.69) is 17.6 Å². The van der Waals surface area contributed by atoms with E-state index < -0.39 is 6.04 Å². The number of carbonyl (C=O) groups excluding carboxylic acids is 2. The van der Waals surface area contributed by atoms with Gasteiger partial charge in [-0.15, -0.1) is 0 Å². The van der Waals surface area contributed by atoms with E-state index in [0.717, 1.165) is 32.1 Å². The van der Waals surface area contributed by atoms with Crippen LogP contribution < -0.4 is 10.6 Å². The number of rotatable bonds is 8. The molecule has 0 bridgehead atoms. The van der Waals surface area contributed by atoms with Gasteiger partial charge < -0.3 is 15.4 Å². The quantitative estimate of drug-likeness (QED) is 0.675. The van der Waals surface area contributed by atoms with Crippen LogP contribution in [0.15, 0.2) is 0 Å². The molecule has 5 nitrogen and oxygen atoms in total. The van der Waals surface area contributed by atoms with Crippen molar-refractivity contribution in [2.45, 2.75) is 58.9 Å². The summed E-state index contributed by atoms with van der Waals surface area (Å²) in [6, 6.07) is -0.450. The van der Waals surface area contributed by atoms with Crippen LogP contribution in [0.2, 0.25) is 0 Å². The van der Waals surface area contributed by atoms with E-state index in [-0.39, 0.29) is 23.7 Å². The second-order valence-electron chi connectivity index (χ2n) is 6.82. The van der Waals surface area contributed by atoms with Crippen molar-refractivity contribution in [2.24, 2.45) is 17.8 Å². The summed E-state index contributed by atoms with van der Waals surface area (Å²) in [6.45, 7) is 7.36. The second kappa shape index (κ2) is 9.82. The first kappa shape index (κ1) is 18.9. The third kappa shape index (κ3) is 6.34. The molecule has 0 aromatic rings. The van der Waals surface area contributed by atoms with Crippen LogP contribution in [0.3, 0.4) is 0 Å². The predicted molar refractivity (Wildman–Crippen MR) is 87.4 cm³/mol. The summed E-state index contributed by atoms with van der Waals surface area (Å²) in [5.74, 6) is 0.808. The standard InChI is InChI=1S/C17H32N2O3/c1-12(2)15(17(21)18-10-5-11-22-4)19-16(20)14-8-6-13(3)7-9-14/h12-15H,5-11H2,1-4H3,(H,18,21)(H,19,20)/t13?,14?,15-/m1/s1. The van der Waals surface area contributed by atoms with Crippen molar-refractivity contribution in [1.82, 2.24) is 10.6 Å². The molecule has 5 heteroatoms. The molecule has 1 rings (SSSR count). The van der Waals surface area contributed by atoms with Crippen LogP contribution in [0.1, 0.15) is 52.9 Å². The van der Waals surface area contributed by atoms with Gasteiger partial charge in [0.15, 0.2) is 0 Å². The van der Waals surface area contributed by atoms with Crippen molar-refractivity contribution in [1.29, 1.82) is 0 Å². The Morgan fingerprint density at radius 1 is 1.18 bits per heavy atom. The zero-order chi connectivity index (χ0) is 16.5. The van der Waals surface area contributed by atoms with E-state index in [4.69, 9.17) is 4.74 Å². The van der Waals surface area contributed by atoms with Crippen molar-refractivity contribution < 1.29 is 14.3 Å². The maximum Gasteiger partial charge on any atom is 0.242 e. The van der Waals surface area contributed by atoms with Gasteiger partial charge in [-0.05, 0) is 43.9 Å². The van der Waals surface area contributed by atoms with Crippen molar-refractivity contribution >= 4 is 11.8 Å². The molecule has 0 aromatic heterocycles. The molecule has 1 atom stereocenters. The number of methoxy groups -OCH3 is 1. The van der Waals surface area contributed by atoms with Gasteiger partial charge in [-0.1, -0.05) is 20.8 Å². The van der Waals surface area contributed by atoms with Gasteiger partial charge in [0.05, 0.1) is 0 Å². The van der Waals surface area contributed by atoms with Gasteiger partial charge in [-0.25, -0.2) is 0 Å². The highest BCUT2D eigenvalue weighted by Crippen LogP contribution is 2.28. The van der Waals surface area contributed by atoms with E-state index in [1.54, 1.807) is 7.11 Å². The van der Waals surface area contributed by atoms with Gasteiger partial charge in [0, 0.05) is 26.2 Å². The lowest BCUT2D eigenvalue weighted by Crippen LogP contribution is -2.51.